The summed E-state index contributed by atoms with van der Waals surface area (Å²) >= 11 is 7.46. The van der Waals surface area contributed by atoms with E-state index in [0.29, 0.717) is 0 Å². The number of halogens is 1. The van der Waals surface area contributed by atoms with Crippen LogP contribution >= 0.6 is 23.4 Å². The summed E-state index contributed by atoms with van der Waals surface area (Å²) in [5.41, 5.74) is 2.06. The highest BCUT2D eigenvalue weighted by molar-refractivity contribution is 7.98. The van der Waals surface area contributed by atoms with Crippen LogP contribution in [0.25, 0.3) is 0 Å². The number of benzene rings is 1. The lowest BCUT2D eigenvalue weighted by atomic mass is 10.2. The monoisotopic (exact) mass is 256 g/mol. The maximum Gasteiger partial charge on any atom is 0.328 e. The number of hydrogen-bond donors (Lipinski definition) is 1. The molecule has 16 heavy (non-hydrogen) atoms. The van der Waals surface area contributed by atoms with E-state index >= 15 is 0 Å². The van der Waals surface area contributed by atoms with Crippen LogP contribution in [0.3, 0.4) is 0 Å². The molecular weight excluding hydrogens is 244 g/mol. The largest absolute Gasteiger partial charge is 0.478 e. The average molecular weight is 257 g/mol. The predicted octanol–water partition coefficient (Wildman–Crippen LogP) is 3.60. The first kappa shape index (κ1) is 13.1. The molecule has 0 aromatic heterocycles. The number of hydrogen-bond acceptors (Lipinski definition) is 2. The van der Waals surface area contributed by atoms with Gasteiger partial charge in [-0.05, 0) is 24.6 Å². The minimum Gasteiger partial charge on any atom is -0.478 e. The molecule has 86 valence electrons. The lowest BCUT2D eigenvalue weighted by Crippen LogP contribution is -1.92. The van der Waals surface area contributed by atoms with E-state index in [1.165, 1.54) is 11.6 Å². The summed E-state index contributed by atoms with van der Waals surface area (Å²) in [5, 5.41) is 9.26. The van der Waals surface area contributed by atoms with Crippen LogP contribution in [0.4, 0.5) is 0 Å². The molecule has 1 rings (SSSR count). The smallest absolute Gasteiger partial charge is 0.328 e. The van der Waals surface area contributed by atoms with E-state index in [2.05, 4.69) is 0 Å². The van der Waals surface area contributed by atoms with Crippen molar-refractivity contribution in [3.8, 4) is 0 Å². The highest BCUT2D eigenvalue weighted by Crippen LogP contribution is 2.17. The van der Waals surface area contributed by atoms with Gasteiger partial charge < -0.3 is 5.11 Å². The van der Waals surface area contributed by atoms with Gasteiger partial charge in [-0.2, -0.15) is 11.8 Å². The molecule has 1 aromatic carbocycles. The van der Waals surface area contributed by atoms with Gasteiger partial charge in [-0.3, -0.25) is 0 Å². The molecule has 0 saturated heterocycles. The van der Waals surface area contributed by atoms with Crippen LogP contribution < -0.4 is 0 Å². The first-order valence-electron chi connectivity index (χ1n) is 4.80. The van der Waals surface area contributed by atoms with E-state index in [0.717, 1.165) is 22.1 Å². The fourth-order valence-corrected chi connectivity index (χ4v) is 2.22. The Hall–Kier alpha value is -0.930. The molecule has 4 heteroatoms. The fourth-order valence-electron chi connectivity index (χ4n) is 1.16. The number of carboxylic acid groups (broad SMARTS) is 1. The van der Waals surface area contributed by atoms with Crippen LogP contribution in [-0.2, 0) is 10.5 Å². The third kappa shape index (κ3) is 5.24. The molecule has 0 unspecified atom stereocenters. The van der Waals surface area contributed by atoms with Crippen molar-refractivity contribution in [2.24, 2.45) is 0 Å². The van der Waals surface area contributed by atoms with Crippen LogP contribution in [0.2, 0.25) is 5.02 Å². The van der Waals surface area contributed by atoms with Gasteiger partial charge in [0.05, 0.1) is 0 Å². The zero-order valence-electron chi connectivity index (χ0n) is 8.94. The fraction of sp³-hybridized carbons (Fsp3) is 0.250. The summed E-state index contributed by atoms with van der Waals surface area (Å²) in [6, 6.07) is 7.67. The SMILES string of the molecule is C/C(=C/C(=O)O)CSCc1ccc(Cl)cc1. The quantitative estimate of drug-likeness (QED) is 0.818. The van der Waals surface area contributed by atoms with Crippen molar-refractivity contribution < 1.29 is 9.90 Å². The standard InChI is InChI=1S/C12H13ClO2S/c1-9(6-12(14)15)7-16-8-10-2-4-11(13)5-3-10/h2-6H,7-8H2,1H3,(H,14,15)/b9-6-. The first-order valence-corrected chi connectivity index (χ1v) is 6.33. The summed E-state index contributed by atoms with van der Waals surface area (Å²) in [4.78, 5) is 10.4. The van der Waals surface area contributed by atoms with Gasteiger partial charge in [0.1, 0.15) is 0 Å². The van der Waals surface area contributed by atoms with Gasteiger partial charge in [0.15, 0.2) is 0 Å². The molecule has 0 saturated carbocycles. The molecule has 1 N–H and O–H groups in total. The summed E-state index contributed by atoms with van der Waals surface area (Å²) in [6.07, 6.45) is 1.24. The van der Waals surface area contributed by atoms with E-state index in [1.54, 1.807) is 11.8 Å². The molecule has 0 aliphatic rings. The van der Waals surface area contributed by atoms with Crippen LogP contribution in [0.5, 0.6) is 0 Å². The molecule has 1 aromatic rings. The van der Waals surface area contributed by atoms with Crippen LogP contribution in [-0.4, -0.2) is 16.8 Å². The number of carbonyl (C=O) groups is 1. The topological polar surface area (TPSA) is 37.3 Å². The minimum atomic E-state index is -0.885. The van der Waals surface area contributed by atoms with E-state index < -0.39 is 5.97 Å². The van der Waals surface area contributed by atoms with Crippen LogP contribution in [0.1, 0.15) is 12.5 Å². The maximum atomic E-state index is 10.4. The number of thioether (sulfide) groups is 1. The highest BCUT2D eigenvalue weighted by Gasteiger charge is 1.97. The summed E-state index contributed by atoms with van der Waals surface area (Å²) in [7, 11) is 0. The van der Waals surface area contributed by atoms with Gasteiger partial charge in [0, 0.05) is 22.6 Å². The summed E-state index contributed by atoms with van der Waals surface area (Å²) in [5.74, 6) is 0.710. The second-order valence-electron chi connectivity index (χ2n) is 3.45. The molecule has 0 aliphatic carbocycles. The molecule has 2 nitrogen and oxygen atoms in total. The van der Waals surface area contributed by atoms with E-state index in [1.807, 2.05) is 31.2 Å². The Kier molecular flexibility index (Phi) is 5.43. The molecule has 0 aliphatic heterocycles. The Morgan fingerprint density at radius 3 is 2.62 bits per heavy atom. The molecule has 0 radical (unpaired) electrons. The molecule has 0 atom stereocenters. The molecule has 0 bridgehead atoms. The normalized spacial score (nSPS) is 11.5. The van der Waals surface area contributed by atoms with Gasteiger partial charge >= 0.3 is 5.97 Å². The third-order valence-electron chi connectivity index (χ3n) is 1.88. The Balaban J connectivity index is 2.36. The second kappa shape index (κ2) is 6.61. The second-order valence-corrected chi connectivity index (χ2v) is 4.87. The van der Waals surface area contributed by atoms with Crippen LogP contribution in [0.15, 0.2) is 35.9 Å². The summed E-state index contributed by atoms with van der Waals surface area (Å²) < 4.78 is 0. The maximum absolute atomic E-state index is 10.4. The van der Waals surface area contributed by atoms with Gasteiger partial charge in [-0.15, -0.1) is 0 Å². The lowest BCUT2D eigenvalue weighted by Gasteiger charge is -2.02. The van der Waals surface area contributed by atoms with Crippen molar-refractivity contribution in [1.82, 2.24) is 0 Å². The Morgan fingerprint density at radius 1 is 1.44 bits per heavy atom. The van der Waals surface area contributed by atoms with Crippen LogP contribution in [0, 0.1) is 0 Å². The van der Waals surface area contributed by atoms with Gasteiger partial charge in [0.2, 0.25) is 0 Å². The number of carboxylic acids is 1. The molecule has 0 heterocycles. The van der Waals surface area contributed by atoms with Crippen molar-refractivity contribution in [2.45, 2.75) is 12.7 Å². The highest BCUT2D eigenvalue weighted by atomic mass is 35.5. The predicted molar refractivity (Wildman–Crippen MR) is 69.0 cm³/mol. The van der Waals surface area contributed by atoms with Crippen molar-refractivity contribution in [1.29, 1.82) is 0 Å². The van der Waals surface area contributed by atoms with Gasteiger partial charge in [0.25, 0.3) is 0 Å². The summed E-state index contributed by atoms with van der Waals surface area (Å²) in [6.45, 7) is 1.82. The van der Waals surface area contributed by atoms with Crippen molar-refractivity contribution in [2.75, 3.05) is 5.75 Å². The van der Waals surface area contributed by atoms with Crippen molar-refractivity contribution in [3.63, 3.8) is 0 Å². The van der Waals surface area contributed by atoms with E-state index in [-0.39, 0.29) is 0 Å². The molecule has 0 fully saturated rings. The molecular formula is C12H13ClO2S. The zero-order chi connectivity index (χ0) is 12.0. The zero-order valence-corrected chi connectivity index (χ0v) is 10.5. The van der Waals surface area contributed by atoms with Crippen molar-refractivity contribution in [3.05, 3.63) is 46.5 Å². The van der Waals surface area contributed by atoms with E-state index in [4.69, 9.17) is 16.7 Å². The molecule has 0 spiro atoms. The van der Waals surface area contributed by atoms with Gasteiger partial charge in [-0.1, -0.05) is 29.3 Å². The Labute approximate surface area is 104 Å². The number of rotatable bonds is 5. The molecule has 0 amide bonds. The average Bonchev–Trinajstić information content (AvgIpc) is 2.20. The van der Waals surface area contributed by atoms with Crippen molar-refractivity contribution >= 4 is 29.3 Å². The Morgan fingerprint density at radius 2 is 2.06 bits per heavy atom. The first-order chi connectivity index (χ1) is 7.58. The lowest BCUT2D eigenvalue weighted by molar-refractivity contribution is -0.131. The number of aliphatic carboxylic acids is 1. The van der Waals surface area contributed by atoms with E-state index in [9.17, 15) is 4.79 Å². The Bertz CT molecular complexity index is 385. The van der Waals surface area contributed by atoms with Gasteiger partial charge in [-0.25, -0.2) is 4.79 Å². The minimum absolute atomic E-state index is 0.731. The third-order valence-corrected chi connectivity index (χ3v) is 3.33.